The van der Waals surface area contributed by atoms with Crippen molar-refractivity contribution < 1.29 is 0 Å². The number of rotatable bonds is 5. The molecule has 0 spiro atoms. The molecule has 0 saturated carbocycles. The van der Waals surface area contributed by atoms with Gasteiger partial charge in [0.1, 0.15) is 0 Å². The molecule has 4 rings (SSSR count). The molecule has 1 N–H and O–H groups in total. The minimum absolute atomic E-state index is 1.16. The molecule has 1 saturated heterocycles. The number of benzene rings is 1. The van der Waals surface area contributed by atoms with E-state index in [1.54, 1.807) is 11.1 Å². The normalized spacial score (nSPS) is 18.6. The molecule has 3 nitrogen and oxygen atoms in total. The Kier molecular flexibility index (Phi) is 4.88. The number of H-pyrrole nitrogens is 1. The van der Waals surface area contributed by atoms with E-state index in [9.17, 15) is 0 Å². The molecule has 1 aliphatic heterocycles. The van der Waals surface area contributed by atoms with Gasteiger partial charge in [-0.05, 0) is 68.3 Å². The summed E-state index contributed by atoms with van der Waals surface area (Å²) in [4.78, 5) is 8.67. The van der Waals surface area contributed by atoms with Crippen LogP contribution < -0.4 is 4.90 Å². The topological polar surface area (TPSA) is 22.3 Å². The molecule has 0 radical (unpaired) electrons. The minimum atomic E-state index is 1.16. The average Bonchev–Trinajstić information content (AvgIpc) is 3.06. The number of fused-ring (bicyclic) bond motifs is 1. The zero-order valence-corrected chi connectivity index (χ0v) is 14.6. The van der Waals surface area contributed by atoms with Crippen molar-refractivity contribution in [2.75, 3.05) is 37.6 Å². The summed E-state index contributed by atoms with van der Waals surface area (Å²) in [7, 11) is 0. The van der Waals surface area contributed by atoms with Crippen LogP contribution >= 0.6 is 0 Å². The Morgan fingerprint density at radius 1 is 0.917 bits per heavy atom. The van der Waals surface area contributed by atoms with E-state index in [-0.39, 0.29) is 0 Å². The molecule has 1 aliphatic carbocycles. The molecule has 2 aromatic rings. The standard InChI is InChI=1S/C21H29N3/c1-2-8-19(9-3-1)24-15-13-23(14-16-24)12-6-7-18-17-22-21-11-5-4-10-20(18)21/h1-3,8-9,17,22H,4-7,10-16H2. The van der Waals surface area contributed by atoms with Gasteiger partial charge in [0.05, 0.1) is 0 Å². The van der Waals surface area contributed by atoms with Gasteiger partial charge in [0.15, 0.2) is 0 Å². The Hall–Kier alpha value is -1.74. The highest BCUT2D eigenvalue weighted by Crippen LogP contribution is 2.25. The van der Waals surface area contributed by atoms with Crippen molar-refractivity contribution in [1.82, 2.24) is 9.88 Å². The molecule has 0 bridgehead atoms. The fourth-order valence-corrected chi connectivity index (χ4v) is 4.26. The van der Waals surface area contributed by atoms with Crippen molar-refractivity contribution in [3.8, 4) is 0 Å². The quantitative estimate of drug-likeness (QED) is 0.907. The fraction of sp³-hybridized carbons (Fsp3) is 0.524. The van der Waals surface area contributed by atoms with E-state index in [0.29, 0.717) is 0 Å². The van der Waals surface area contributed by atoms with Gasteiger partial charge in [-0.25, -0.2) is 0 Å². The van der Waals surface area contributed by atoms with Crippen LogP contribution in [0, 0.1) is 0 Å². The molecule has 0 amide bonds. The van der Waals surface area contributed by atoms with E-state index in [0.717, 1.165) is 13.1 Å². The summed E-state index contributed by atoms with van der Waals surface area (Å²) in [5.74, 6) is 0. The zero-order chi connectivity index (χ0) is 16.2. The molecule has 0 atom stereocenters. The van der Waals surface area contributed by atoms with Crippen molar-refractivity contribution >= 4 is 5.69 Å². The summed E-state index contributed by atoms with van der Waals surface area (Å²) in [6, 6.07) is 10.8. The van der Waals surface area contributed by atoms with E-state index in [1.165, 1.54) is 69.5 Å². The Morgan fingerprint density at radius 2 is 1.71 bits per heavy atom. The summed E-state index contributed by atoms with van der Waals surface area (Å²) in [6.45, 7) is 5.94. The van der Waals surface area contributed by atoms with Crippen molar-refractivity contribution in [2.24, 2.45) is 0 Å². The van der Waals surface area contributed by atoms with Gasteiger partial charge in [-0.15, -0.1) is 0 Å². The van der Waals surface area contributed by atoms with Crippen molar-refractivity contribution in [3.05, 3.63) is 53.3 Å². The number of aromatic nitrogens is 1. The van der Waals surface area contributed by atoms with Gasteiger partial charge in [-0.2, -0.15) is 0 Å². The molecular formula is C21H29N3. The van der Waals surface area contributed by atoms with Crippen LogP contribution in [0.2, 0.25) is 0 Å². The summed E-state index contributed by atoms with van der Waals surface area (Å²) in [5.41, 5.74) is 6.13. The van der Waals surface area contributed by atoms with Crippen LogP contribution in [-0.2, 0) is 19.3 Å². The van der Waals surface area contributed by atoms with Crippen LogP contribution in [0.1, 0.15) is 36.1 Å². The molecule has 3 heteroatoms. The lowest BCUT2D eigenvalue weighted by Gasteiger charge is -2.36. The first-order valence-electron chi connectivity index (χ1n) is 9.60. The van der Waals surface area contributed by atoms with Crippen LogP contribution in [0.3, 0.4) is 0 Å². The monoisotopic (exact) mass is 323 g/mol. The summed E-state index contributed by atoms with van der Waals surface area (Å²) < 4.78 is 0. The third kappa shape index (κ3) is 3.51. The molecule has 24 heavy (non-hydrogen) atoms. The minimum Gasteiger partial charge on any atom is -0.369 e. The third-order valence-electron chi connectivity index (χ3n) is 5.69. The van der Waals surface area contributed by atoms with Crippen molar-refractivity contribution in [1.29, 1.82) is 0 Å². The number of hydrogen-bond acceptors (Lipinski definition) is 2. The SMILES string of the molecule is c1ccc(N2CCN(CCCc3c[nH]c4c3CCCC4)CC2)cc1. The number of aryl methyl sites for hydroxylation is 2. The van der Waals surface area contributed by atoms with E-state index in [1.807, 2.05) is 0 Å². The Bertz CT molecular complexity index is 638. The highest BCUT2D eigenvalue weighted by molar-refractivity contribution is 5.46. The Labute approximate surface area is 145 Å². The molecule has 2 aliphatic rings. The van der Waals surface area contributed by atoms with E-state index in [2.05, 4.69) is 51.3 Å². The van der Waals surface area contributed by atoms with Gasteiger partial charge in [-0.3, -0.25) is 4.90 Å². The summed E-state index contributed by atoms with van der Waals surface area (Å²) in [6.07, 6.45) is 10.1. The molecular weight excluding hydrogens is 294 g/mol. The second-order valence-corrected chi connectivity index (χ2v) is 7.25. The highest BCUT2D eigenvalue weighted by atomic mass is 15.3. The smallest absolute Gasteiger partial charge is 0.0367 e. The van der Waals surface area contributed by atoms with Crippen LogP contribution in [0.25, 0.3) is 0 Å². The predicted molar refractivity (Wildman–Crippen MR) is 101 cm³/mol. The Morgan fingerprint density at radius 3 is 2.54 bits per heavy atom. The number of aromatic amines is 1. The molecule has 2 heterocycles. The number of piperazine rings is 1. The largest absolute Gasteiger partial charge is 0.369 e. The number of nitrogens with zero attached hydrogens (tertiary/aromatic N) is 2. The third-order valence-corrected chi connectivity index (χ3v) is 5.69. The van der Waals surface area contributed by atoms with Crippen LogP contribution in [0.15, 0.2) is 36.5 Å². The van der Waals surface area contributed by atoms with Gasteiger partial charge in [-0.1, -0.05) is 18.2 Å². The average molecular weight is 323 g/mol. The van der Waals surface area contributed by atoms with Crippen LogP contribution in [0.4, 0.5) is 5.69 Å². The van der Waals surface area contributed by atoms with Gasteiger partial charge in [0, 0.05) is 43.8 Å². The number of anilines is 1. The van der Waals surface area contributed by atoms with Gasteiger partial charge in [0.25, 0.3) is 0 Å². The number of para-hydroxylation sites is 1. The van der Waals surface area contributed by atoms with Gasteiger partial charge in [0.2, 0.25) is 0 Å². The zero-order valence-electron chi connectivity index (χ0n) is 14.6. The number of nitrogens with one attached hydrogen (secondary N) is 1. The van der Waals surface area contributed by atoms with Gasteiger partial charge < -0.3 is 9.88 Å². The first kappa shape index (κ1) is 15.8. The van der Waals surface area contributed by atoms with E-state index >= 15 is 0 Å². The number of hydrogen-bond donors (Lipinski definition) is 1. The lowest BCUT2D eigenvalue weighted by molar-refractivity contribution is 0.255. The molecule has 1 aromatic heterocycles. The van der Waals surface area contributed by atoms with E-state index < -0.39 is 0 Å². The maximum absolute atomic E-state index is 3.52. The molecule has 0 unspecified atom stereocenters. The second kappa shape index (κ2) is 7.43. The first-order valence-corrected chi connectivity index (χ1v) is 9.60. The fourth-order valence-electron chi connectivity index (χ4n) is 4.26. The van der Waals surface area contributed by atoms with Crippen LogP contribution in [-0.4, -0.2) is 42.6 Å². The highest BCUT2D eigenvalue weighted by Gasteiger charge is 2.18. The summed E-state index contributed by atoms with van der Waals surface area (Å²) in [5, 5.41) is 0. The maximum Gasteiger partial charge on any atom is 0.0367 e. The van der Waals surface area contributed by atoms with Gasteiger partial charge >= 0.3 is 0 Å². The van der Waals surface area contributed by atoms with Crippen molar-refractivity contribution in [3.63, 3.8) is 0 Å². The van der Waals surface area contributed by atoms with Crippen LogP contribution in [0.5, 0.6) is 0 Å². The Balaban J connectivity index is 1.23. The second-order valence-electron chi connectivity index (χ2n) is 7.25. The van der Waals surface area contributed by atoms with Crippen molar-refractivity contribution in [2.45, 2.75) is 38.5 Å². The first-order chi connectivity index (χ1) is 11.9. The lowest BCUT2D eigenvalue weighted by atomic mass is 9.93. The maximum atomic E-state index is 3.52. The molecule has 1 fully saturated rings. The molecule has 128 valence electrons. The van der Waals surface area contributed by atoms with E-state index in [4.69, 9.17) is 0 Å². The predicted octanol–water partition coefficient (Wildman–Crippen LogP) is 3.65. The lowest BCUT2D eigenvalue weighted by Crippen LogP contribution is -2.46. The summed E-state index contributed by atoms with van der Waals surface area (Å²) >= 11 is 0. The molecule has 1 aromatic carbocycles.